The summed E-state index contributed by atoms with van der Waals surface area (Å²) in [6.45, 7) is 1.63. The Labute approximate surface area is 159 Å². The summed E-state index contributed by atoms with van der Waals surface area (Å²) in [5.74, 6) is -0.236. The molecule has 0 aliphatic heterocycles. The van der Waals surface area contributed by atoms with Crippen molar-refractivity contribution < 1.29 is 4.79 Å². The largest absolute Gasteiger partial charge is 0.331 e. The highest BCUT2D eigenvalue weighted by atomic mass is 35.5. The van der Waals surface area contributed by atoms with E-state index < -0.39 is 5.38 Å². The molecule has 1 heterocycles. The molecule has 128 valence electrons. The molecule has 1 unspecified atom stereocenters. The van der Waals surface area contributed by atoms with Gasteiger partial charge in [0.25, 0.3) is 0 Å². The van der Waals surface area contributed by atoms with Gasteiger partial charge in [0.2, 0.25) is 5.91 Å². The summed E-state index contributed by atoms with van der Waals surface area (Å²) < 4.78 is 0. The van der Waals surface area contributed by atoms with Crippen LogP contribution >= 0.6 is 34.5 Å². The number of thiazole rings is 1. The molecule has 3 aromatic rings. The normalized spacial score (nSPS) is 11.8. The van der Waals surface area contributed by atoms with E-state index in [1.807, 2.05) is 53.9 Å². The van der Waals surface area contributed by atoms with E-state index in [-0.39, 0.29) is 5.91 Å². The van der Waals surface area contributed by atoms with E-state index in [4.69, 9.17) is 23.2 Å². The molecule has 3 rings (SSSR count). The van der Waals surface area contributed by atoms with E-state index in [0.717, 1.165) is 22.1 Å². The van der Waals surface area contributed by atoms with Crippen LogP contribution in [0, 0.1) is 0 Å². The molecule has 4 nitrogen and oxygen atoms in total. The molecule has 0 saturated heterocycles. The van der Waals surface area contributed by atoms with Crippen LogP contribution in [0.25, 0.3) is 11.3 Å². The van der Waals surface area contributed by atoms with Crippen LogP contribution in [0.1, 0.15) is 6.92 Å². The number of halogens is 2. The maximum absolute atomic E-state index is 11.7. The van der Waals surface area contributed by atoms with E-state index in [2.05, 4.69) is 15.6 Å². The molecule has 2 aromatic carbocycles. The van der Waals surface area contributed by atoms with Crippen molar-refractivity contribution in [1.82, 2.24) is 4.98 Å². The Hall–Kier alpha value is -2.08. The molecule has 0 aliphatic rings. The number of amides is 1. The van der Waals surface area contributed by atoms with Crippen molar-refractivity contribution in [1.29, 1.82) is 0 Å². The Balaban J connectivity index is 1.77. The van der Waals surface area contributed by atoms with Crippen molar-refractivity contribution in [3.63, 3.8) is 0 Å². The fraction of sp³-hybridized carbons (Fsp3) is 0.111. The number of carbonyl (C=O) groups is 1. The predicted molar refractivity (Wildman–Crippen MR) is 106 cm³/mol. The number of benzene rings is 2. The summed E-state index contributed by atoms with van der Waals surface area (Å²) >= 11 is 13.3. The number of aromatic nitrogens is 1. The first kappa shape index (κ1) is 17.7. The van der Waals surface area contributed by atoms with Gasteiger partial charge in [0.05, 0.1) is 5.69 Å². The summed E-state index contributed by atoms with van der Waals surface area (Å²) in [5, 5.41) is 8.81. The second kappa shape index (κ2) is 7.87. The molecular weight excluding hydrogens is 377 g/mol. The van der Waals surface area contributed by atoms with Crippen molar-refractivity contribution in [2.45, 2.75) is 12.3 Å². The lowest BCUT2D eigenvalue weighted by Crippen LogP contribution is -2.20. The minimum atomic E-state index is -0.587. The Morgan fingerprint density at radius 2 is 1.92 bits per heavy atom. The lowest BCUT2D eigenvalue weighted by atomic mass is 10.1. The fourth-order valence-electron chi connectivity index (χ4n) is 2.15. The number of nitrogens with one attached hydrogen (secondary N) is 2. The molecule has 1 amide bonds. The van der Waals surface area contributed by atoms with Crippen molar-refractivity contribution >= 4 is 57.0 Å². The van der Waals surface area contributed by atoms with Gasteiger partial charge in [-0.25, -0.2) is 4.98 Å². The van der Waals surface area contributed by atoms with Gasteiger partial charge in [-0.3, -0.25) is 4.79 Å². The number of nitrogens with zero attached hydrogens (tertiary/aromatic N) is 1. The van der Waals surface area contributed by atoms with Gasteiger partial charge in [-0.2, -0.15) is 0 Å². The molecule has 0 radical (unpaired) electrons. The lowest BCUT2D eigenvalue weighted by Gasteiger charge is -2.07. The number of rotatable bonds is 5. The zero-order chi connectivity index (χ0) is 17.8. The average molecular weight is 392 g/mol. The Bertz CT molecular complexity index is 895. The van der Waals surface area contributed by atoms with Gasteiger partial charge in [-0.15, -0.1) is 22.9 Å². The second-order valence-electron chi connectivity index (χ2n) is 5.36. The Kier molecular flexibility index (Phi) is 5.58. The maximum Gasteiger partial charge on any atom is 0.242 e. The number of alkyl halides is 1. The van der Waals surface area contributed by atoms with Crippen LogP contribution in [0.5, 0.6) is 0 Å². The molecule has 1 aromatic heterocycles. The van der Waals surface area contributed by atoms with Crippen LogP contribution < -0.4 is 10.6 Å². The first-order chi connectivity index (χ1) is 12.0. The average Bonchev–Trinajstić information content (AvgIpc) is 3.03. The number of hydrogen-bond donors (Lipinski definition) is 2. The van der Waals surface area contributed by atoms with Crippen molar-refractivity contribution in [2.75, 3.05) is 10.6 Å². The first-order valence-corrected chi connectivity index (χ1v) is 9.24. The third-order valence-electron chi connectivity index (χ3n) is 3.37. The van der Waals surface area contributed by atoms with Crippen molar-refractivity contribution in [3.05, 3.63) is 58.9 Å². The SMILES string of the molecule is CC(Cl)C(=O)Nc1cccc(-c2csc(Nc3cccc(Cl)c3)n2)c1. The maximum atomic E-state index is 11.7. The van der Waals surface area contributed by atoms with Crippen LogP contribution in [0.3, 0.4) is 0 Å². The Morgan fingerprint density at radius 3 is 2.68 bits per heavy atom. The van der Waals surface area contributed by atoms with E-state index in [1.165, 1.54) is 11.3 Å². The van der Waals surface area contributed by atoms with E-state index in [9.17, 15) is 4.79 Å². The Morgan fingerprint density at radius 1 is 1.16 bits per heavy atom. The molecule has 1 atom stereocenters. The molecule has 0 bridgehead atoms. The number of carbonyl (C=O) groups excluding carboxylic acids is 1. The monoisotopic (exact) mass is 391 g/mol. The van der Waals surface area contributed by atoms with E-state index in [1.54, 1.807) is 6.92 Å². The van der Waals surface area contributed by atoms with E-state index >= 15 is 0 Å². The van der Waals surface area contributed by atoms with Crippen LogP contribution in [0.2, 0.25) is 5.02 Å². The van der Waals surface area contributed by atoms with Gasteiger partial charge in [0, 0.05) is 27.3 Å². The summed E-state index contributed by atoms with van der Waals surface area (Å²) in [5.41, 5.74) is 3.30. The highest BCUT2D eigenvalue weighted by Crippen LogP contribution is 2.29. The van der Waals surface area contributed by atoms with Gasteiger partial charge in [-0.05, 0) is 37.3 Å². The van der Waals surface area contributed by atoms with Gasteiger partial charge < -0.3 is 10.6 Å². The summed E-state index contributed by atoms with van der Waals surface area (Å²) in [7, 11) is 0. The van der Waals surface area contributed by atoms with Gasteiger partial charge in [-0.1, -0.05) is 29.8 Å². The molecule has 0 aliphatic carbocycles. The molecule has 25 heavy (non-hydrogen) atoms. The van der Waals surface area contributed by atoms with Crippen LogP contribution in [-0.4, -0.2) is 16.3 Å². The second-order valence-corrected chi connectivity index (χ2v) is 7.31. The van der Waals surface area contributed by atoms with Crippen molar-refractivity contribution in [3.8, 4) is 11.3 Å². The molecule has 0 fully saturated rings. The van der Waals surface area contributed by atoms with Crippen LogP contribution in [0.15, 0.2) is 53.9 Å². The summed E-state index contributed by atoms with van der Waals surface area (Å²) in [6.07, 6.45) is 0. The zero-order valence-corrected chi connectivity index (χ0v) is 15.6. The van der Waals surface area contributed by atoms with Crippen molar-refractivity contribution in [2.24, 2.45) is 0 Å². The summed E-state index contributed by atoms with van der Waals surface area (Å²) in [6, 6.07) is 15.0. The topological polar surface area (TPSA) is 54.0 Å². The standard InChI is InChI=1S/C18H15Cl2N3OS/c1-11(19)17(24)21-14-6-2-4-12(8-14)16-10-25-18(23-16)22-15-7-3-5-13(20)9-15/h2-11H,1H3,(H,21,24)(H,22,23). The van der Waals surface area contributed by atoms with E-state index in [0.29, 0.717) is 10.7 Å². The zero-order valence-electron chi connectivity index (χ0n) is 13.3. The molecular formula is C18H15Cl2N3OS. The highest BCUT2D eigenvalue weighted by Gasteiger charge is 2.10. The van der Waals surface area contributed by atoms with Crippen LogP contribution in [0.4, 0.5) is 16.5 Å². The molecule has 2 N–H and O–H groups in total. The predicted octanol–water partition coefficient (Wildman–Crippen LogP) is 5.77. The molecule has 0 saturated carbocycles. The minimum absolute atomic E-state index is 0.236. The lowest BCUT2D eigenvalue weighted by molar-refractivity contribution is -0.115. The quantitative estimate of drug-likeness (QED) is 0.542. The summed E-state index contributed by atoms with van der Waals surface area (Å²) in [4.78, 5) is 16.3. The highest BCUT2D eigenvalue weighted by molar-refractivity contribution is 7.14. The number of hydrogen-bond acceptors (Lipinski definition) is 4. The third-order valence-corrected chi connectivity index (χ3v) is 4.56. The van der Waals surface area contributed by atoms with Gasteiger partial charge in [0.1, 0.15) is 5.38 Å². The number of anilines is 3. The van der Waals surface area contributed by atoms with Gasteiger partial charge in [0.15, 0.2) is 5.13 Å². The fourth-order valence-corrected chi connectivity index (χ4v) is 3.14. The third kappa shape index (κ3) is 4.72. The first-order valence-electron chi connectivity index (χ1n) is 7.55. The van der Waals surface area contributed by atoms with Crippen LogP contribution in [-0.2, 0) is 4.79 Å². The van der Waals surface area contributed by atoms with Gasteiger partial charge >= 0.3 is 0 Å². The smallest absolute Gasteiger partial charge is 0.242 e. The molecule has 7 heteroatoms. The minimum Gasteiger partial charge on any atom is -0.331 e. The molecule has 0 spiro atoms.